The van der Waals surface area contributed by atoms with Crippen LogP contribution >= 0.6 is 0 Å². The van der Waals surface area contributed by atoms with E-state index in [1.165, 1.54) is 6.20 Å². The summed E-state index contributed by atoms with van der Waals surface area (Å²) in [6, 6.07) is 19.3. The molecule has 8 nitrogen and oxygen atoms in total. The summed E-state index contributed by atoms with van der Waals surface area (Å²) in [5.41, 5.74) is 3.09. The fraction of sp³-hybridized carbons (Fsp3) is 0.0909. The molecule has 0 aliphatic carbocycles. The summed E-state index contributed by atoms with van der Waals surface area (Å²) < 4.78 is 3.48. The lowest BCUT2D eigenvalue weighted by Gasteiger charge is -2.18. The molecule has 0 saturated heterocycles. The lowest BCUT2D eigenvalue weighted by atomic mass is 10.1. The van der Waals surface area contributed by atoms with Gasteiger partial charge in [-0.25, -0.2) is 9.36 Å². The number of hydrogen-bond donors (Lipinski definition) is 2. The zero-order chi connectivity index (χ0) is 20.5. The van der Waals surface area contributed by atoms with Crippen molar-refractivity contribution >= 4 is 17.0 Å². The normalized spacial score (nSPS) is 12.2. The number of para-hydroxylation sites is 2. The van der Waals surface area contributed by atoms with E-state index in [2.05, 4.69) is 25.5 Å². The number of hydrogen-bond acceptors (Lipinski definition) is 5. The van der Waals surface area contributed by atoms with Crippen LogP contribution in [0.1, 0.15) is 18.5 Å². The molecule has 3 aromatic heterocycles. The summed E-state index contributed by atoms with van der Waals surface area (Å²) >= 11 is 0. The second-order valence-electron chi connectivity index (χ2n) is 6.92. The first kappa shape index (κ1) is 17.9. The first-order chi connectivity index (χ1) is 14.7. The highest BCUT2D eigenvalue weighted by atomic mass is 16.1. The van der Waals surface area contributed by atoms with Crippen LogP contribution in [0.5, 0.6) is 0 Å². The molecule has 3 heterocycles. The summed E-state index contributed by atoms with van der Waals surface area (Å²) in [4.78, 5) is 20.1. The quantitative estimate of drug-likeness (QED) is 0.474. The minimum absolute atomic E-state index is 0.126. The van der Waals surface area contributed by atoms with Crippen LogP contribution < -0.4 is 10.9 Å². The molecule has 1 unspecified atom stereocenters. The number of aromatic nitrogens is 6. The van der Waals surface area contributed by atoms with Crippen molar-refractivity contribution in [2.45, 2.75) is 13.0 Å². The minimum atomic E-state index is -0.239. The highest BCUT2D eigenvalue weighted by molar-refractivity contribution is 5.76. The molecule has 148 valence electrons. The minimum Gasteiger partial charge on any atom is -0.349 e. The summed E-state index contributed by atoms with van der Waals surface area (Å²) in [7, 11) is 0. The molecule has 0 saturated carbocycles. The molecule has 2 N–H and O–H groups in total. The molecule has 2 aromatic carbocycles. The van der Waals surface area contributed by atoms with Gasteiger partial charge < -0.3 is 5.32 Å². The number of aromatic amines is 1. The third-order valence-electron chi connectivity index (χ3n) is 4.95. The molecular weight excluding hydrogens is 378 g/mol. The van der Waals surface area contributed by atoms with Crippen molar-refractivity contribution in [3.8, 4) is 11.4 Å². The summed E-state index contributed by atoms with van der Waals surface area (Å²) in [5, 5.41) is 12.4. The molecule has 0 fully saturated rings. The van der Waals surface area contributed by atoms with E-state index >= 15 is 0 Å². The van der Waals surface area contributed by atoms with Gasteiger partial charge in [-0.1, -0.05) is 36.4 Å². The Morgan fingerprint density at radius 1 is 1.00 bits per heavy atom. The molecule has 0 bridgehead atoms. The molecule has 8 heteroatoms. The van der Waals surface area contributed by atoms with Crippen LogP contribution in [0.15, 0.2) is 84.0 Å². The van der Waals surface area contributed by atoms with Gasteiger partial charge in [0.1, 0.15) is 5.39 Å². The van der Waals surface area contributed by atoms with Gasteiger partial charge in [-0.3, -0.25) is 9.78 Å². The molecule has 0 aliphatic rings. The third-order valence-corrected chi connectivity index (χ3v) is 4.95. The molecule has 30 heavy (non-hydrogen) atoms. The maximum Gasteiger partial charge on any atom is 0.263 e. The standard InChI is InChI=1S/C22H19N7O/c1-15(17-10-5-6-11-19(17)28-13-7-12-23-28)25-22-26-20-18(21(30)27-22)14-24-29(20)16-8-3-2-4-9-16/h2-15H,1H3,(H2,25,26,27,30). The smallest absolute Gasteiger partial charge is 0.263 e. The average molecular weight is 397 g/mol. The van der Waals surface area contributed by atoms with Gasteiger partial charge in [0.15, 0.2) is 5.65 Å². The molecule has 0 aliphatic heterocycles. The maximum absolute atomic E-state index is 12.6. The lowest BCUT2D eigenvalue weighted by molar-refractivity contribution is 0.807. The number of anilines is 1. The summed E-state index contributed by atoms with van der Waals surface area (Å²) in [6.45, 7) is 2.01. The Morgan fingerprint density at radius 2 is 1.80 bits per heavy atom. The first-order valence-corrected chi connectivity index (χ1v) is 9.59. The van der Waals surface area contributed by atoms with Gasteiger partial charge in [-0.2, -0.15) is 15.2 Å². The predicted octanol–water partition coefficient (Wildman–Crippen LogP) is 3.47. The van der Waals surface area contributed by atoms with Crippen molar-refractivity contribution in [1.82, 2.24) is 29.5 Å². The fourth-order valence-electron chi connectivity index (χ4n) is 3.50. The van der Waals surface area contributed by atoms with Crippen molar-refractivity contribution in [3.05, 3.63) is 95.2 Å². The van der Waals surface area contributed by atoms with Crippen molar-refractivity contribution in [3.63, 3.8) is 0 Å². The highest BCUT2D eigenvalue weighted by Gasteiger charge is 2.15. The Hall–Kier alpha value is -4.20. The van der Waals surface area contributed by atoms with Crippen LogP contribution in [0.3, 0.4) is 0 Å². The molecular formula is C22H19N7O. The second kappa shape index (κ2) is 7.32. The third kappa shape index (κ3) is 3.14. The van der Waals surface area contributed by atoms with Crippen LogP contribution in [0.4, 0.5) is 5.95 Å². The van der Waals surface area contributed by atoms with Crippen LogP contribution in [0.25, 0.3) is 22.4 Å². The highest BCUT2D eigenvalue weighted by Crippen LogP contribution is 2.24. The van der Waals surface area contributed by atoms with E-state index in [0.29, 0.717) is 17.0 Å². The van der Waals surface area contributed by atoms with Crippen molar-refractivity contribution in [1.29, 1.82) is 0 Å². The molecule has 0 radical (unpaired) electrons. The average Bonchev–Trinajstić information content (AvgIpc) is 3.45. The zero-order valence-electron chi connectivity index (χ0n) is 16.2. The van der Waals surface area contributed by atoms with E-state index in [0.717, 1.165) is 16.9 Å². The van der Waals surface area contributed by atoms with Gasteiger partial charge in [0, 0.05) is 12.4 Å². The molecule has 1 atom stereocenters. The predicted molar refractivity (Wildman–Crippen MR) is 115 cm³/mol. The molecule has 5 rings (SSSR count). The molecule has 0 amide bonds. The van der Waals surface area contributed by atoms with Crippen LogP contribution in [-0.4, -0.2) is 29.5 Å². The zero-order valence-corrected chi connectivity index (χ0v) is 16.2. The number of nitrogens with zero attached hydrogens (tertiary/aromatic N) is 5. The van der Waals surface area contributed by atoms with Gasteiger partial charge >= 0.3 is 0 Å². The van der Waals surface area contributed by atoms with Crippen molar-refractivity contribution in [2.24, 2.45) is 0 Å². The maximum atomic E-state index is 12.6. The number of rotatable bonds is 5. The SMILES string of the molecule is CC(Nc1nc2c(cnn2-c2ccccc2)c(=O)[nH]1)c1ccccc1-n1cccn1. The van der Waals surface area contributed by atoms with Gasteiger partial charge in [-0.05, 0) is 36.8 Å². The van der Waals surface area contributed by atoms with Crippen LogP contribution in [0.2, 0.25) is 0 Å². The Labute approximate surface area is 171 Å². The Bertz CT molecular complexity index is 1350. The molecule has 0 spiro atoms. The van der Waals surface area contributed by atoms with E-state index < -0.39 is 0 Å². The summed E-state index contributed by atoms with van der Waals surface area (Å²) in [6.07, 6.45) is 5.18. The monoisotopic (exact) mass is 397 g/mol. The first-order valence-electron chi connectivity index (χ1n) is 9.59. The van der Waals surface area contributed by atoms with Crippen molar-refractivity contribution in [2.75, 3.05) is 5.32 Å². The molecule has 5 aromatic rings. The second-order valence-corrected chi connectivity index (χ2v) is 6.92. The number of fused-ring (bicyclic) bond motifs is 1. The van der Waals surface area contributed by atoms with Crippen LogP contribution in [-0.2, 0) is 0 Å². The Morgan fingerprint density at radius 3 is 2.60 bits per heavy atom. The van der Waals surface area contributed by atoms with E-state index in [1.54, 1.807) is 10.9 Å². The van der Waals surface area contributed by atoms with Gasteiger partial charge in [0.25, 0.3) is 5.56 Å². The topological polar surface area (TPSA) is 93.4 Å². The van der Waals surface area contributed by atoms with Crippen molar-refractivity contribution < 1.29 is 0 Å². The van der Waals surface area contributed by atoms with E-state index in [1.807, 2.05) is 78.5 Å². The largest absolute Gasteiger partial charge is 0.349 e. The Balaban J connectivity index is 1.53. The van der Waals surface area contributed by atoms with Crippen LogP contribution in [0, 0.1) is 0 Å². The lowest BCUT2D eigenvalue weighted by Crippen LogP contribution is -2.17. The fourth-order valence-corrected chi connectivity index (χ4v) is 3.50. The van der Waals surface area contributed by atoms with E-state index in [-0.39, 0.29) is 11.6 Å². The number of H-pyrrole nitrogens is 1. The van der Waals surface area contributed by atoms with E-state index in [4.69, 9.17) is 0 Å². The number of benzene rings is 2. The van der Waals surface area contributed by atoms with Gasteiger partial charge in [0.05, 0.1) is 23.6 Å². The summed E-state index contributed by atoms with van der Waals surface area (Å²) in [5.74, 6) is 0.382. The Kier molecular flexibility index (Phi) is 4.36. The number of nitrogens with one attached hydrogen (secondary N) is 2. The van der Waals surface area contributed by atoms with E-state index in [9.17, 15) is 4.79 Å². The van der Waals surface area contributed by atoms with Gasteiger partial charge in [-0.15, -0.1) is 0 Å². The van der Waals surface area contributed by atoms with Gasteiger partial charge in [0.2, 0.25) is 5.95 Å².